The second kappa shape index (κ2) is 7.89. The van der Waals surface area contributed by atoms with Gasteiger partial charge in [0.05, 0.1) is 16.9 Å². The largest absolute Gasteiger partial charge is 0.423 e. The van der Waals surface area contributed by atoms with Gasteiger partial charge in [0.2, 0.25) is 5.78 Å². The van der Waals surface area contributed by atoms with Crippen LogP contribution >= 0.6 is 0 Å². The third-order valence-corrected chi connectivity index (χ3v) is 6.11. The van der Waals surface area contributed by atoms with E-state index in [1.54, 1.807) is 44.2 Å². The van der Waals surface area contributed by atoms with Crippen molar-refractivity contribution in [3.63, 3.8) is 0 Å². The summed E-state index contributed by atoms with van der Waals surface area (Å²) in [7, 11) is -4.20. The van der Waals surface area contributed by atoms with E-state index in [1.807, 2.05) is 0 Å². The van der Waals surface area contributed by atoms with Gasteiger partial charge in [-0.2, -0.15) is 5.26 Å². The van der Waals surface area contributed by atoms with Gasteiger partial charge < -0.3 is 4.74 Å². The van der Waals surface area contributed by atoms with Gasteiger partial charge in [-0.05, 0) is 12.1 Å². The van der Waals surface area contributed by atoms with E-state index in [0.29, 0.717) is 4.31 Å². The fraction of sp³-hybridized carbons (Fsp3) is 0.190. The Bertz CT molecular complexity index is 1150. The highest BCUT2D eigenvalue weighted by atomic mass is 32.2. The molecule has 2 aromatic rings. The number of ketones is 1. The van der Waals surface area contributed by atoms with Crippen molar-refractivity contribution in [1.82, 2.24) is 4.31 Å². The molecule has 0 radical (unpaired) electrons. The molecule has 0 N–H and O–H groups in total. The van der Waals surface area contributed by atoms with Gasteiger partial charge in [-0.1, -0.05) is 56.3 Å². The van der Waals surface area contributed by atoms with E-state index in [4.69, 9.17) is 4.74 Å². The van der Waals surface area contributed by atoms with Gasteiger partial charge in [-0.3, -0.25) is 9.59 Å². The molecule has 8 heteroatoms. The van der Waals surface area contributed by atoms with Gasteiger partial charge in [0.1, 0.15) is 12.2 Å². The molecular weight excluding hydrogens is 392 g/mol. The molecule has 1 aliphatic rings. The number of carbonyl (C=O) groups excluding carboxylic acids is 2. The van der Waals surface area contributed by atoms with Gasteiger partial charge in [-0.15, -0.1) is 0 Å². The summed E-state index contributed by atoms with van der Waals surface area (Å²) in [6.45, 7) is 2.65. The Morgan fingerprint density at radius 2 is 1.69 bits per heavy atom. The summed E-state index contributed by atoms with van der Waals surface area (Å²) in [4.78, 5) is 25.5. The average molecular weight is 410 g/mol. The molecule has 0 saturated heterocycles. The molecule has 3 rings (SSSR count). The quantitative estimate of drug-likeness (QED) is 0.426. The van der Waals surface area contributed by atoms with Crippen molar-refractivity contribution >= 4 is 27.5 Å². The third kappa shape index (κ3) is 3.65. The molecule has 148 valence electrons. The second-order valence-corrected chi connectivity index (χ2v) is 8.45. The average Bonchev–Trinajstić information content (AvgIpc) is 2.72. The summed E-state index contributed by atoms with van der Waals surface area (Å²) < 4.78 is 32.5. The number of carbonyl (C=O) groups is 2. The Labute approximate surface area is 168 Å². The number of hydrogen-bond donors (Lipinski definition) is 0. The monoisotopic (exact) mass is 410 g/mol. The molecule has 7 nitrogen and oxygen atoms in total. The summed E-state index contributed by atoms with van der Waals surface area (Å²) in [5, 5.41) is 9.23. The Morgan fingerprint density at radius 1 is 1.07 bits per heavy atom. The highest BCUT2D eigenvalue weighted by molar-refractivity contribution is 7.89. The van der Waals surface area contributed by atoms with Crippen LogP contribution in [0.1, 0.15) is 29.8 Å². The van der Waals surface area contributed by atoms with Crippen LogP contribution in [0.15, 0.2) is 65.2 Å². The highest BCUT2D eigenvalue weighted by Crippen LogP contribution is 2.38. The fourth-order valence-corrected chi connectivity index (χ4v) is 4.41. The molecule has 0 unspecified atom stereocenters. The van der Waals surface area contributed by atoms with Crippen LogP contribution in [-0.4, -0.2) is 31.0 Å². The van der Waals surface area contributed by atoms with E-state index < -0.39 is 34.2 Å². The summed E-state index contributed by atoms with van der Waals surface area (Å²) in [6.07, 6.45) is 0. The summed E-state index contributed by atoms with van der Waals surface area (Å²) in [6, 6.07) is 15.7. The zero-order valence-corrected chi connectivity index (χ0v) is 16.6. The Morgan fingerprint density at radius 3 is 2.31 bits per heavy atom. The lowest BCUT2D eigenvalue weighted by Crippen LogP contribution is -2.39. The van der Waals surface area contributed by atoms with Crippen LogP contribution in [0.5, 0.6) is 0 Å². The molecule has 2 aromatic carbocycles. The number of ether oxygens (including phenoxy) is 1. The minimum atomic E-state index is -4.20. The number of nitrogens with zero attached hydrogens (tertiary/aromatic N) is 2. The molecule has 0 bridgehead atoms. The number of benzene rings is 2. The maximum atomic E-state index is 13.3. The minimum absolute atomic E-state index is 0.106. The number of sulfonamides is 1. The molecule has 0 fully saturated rings. The molecule has 29 heavy (non-hydrogen) atoms. The van der Waals surface area contributed by atoms with Crippen molar-refractivity contribution in [2.75, 3.05) is 6.54 Å². The van der Waals surface area contributed by atoms with E-state index in [9.17, 15) is 23.3 Å². The predicted octanol–water partition coefficient (Wildman–Crippen LogP) is 2.97. The molecular formula is C21H18N2O5S. The number of rotatable bonds is 5. The summed E-state index contributed by atoms with van der Waals surface area (Å²) in [5.74, 6) is -1.96. The smallest absolute Gasteiger partial charge is 0.313 e. The molecule has 0 amide bonds. The predicted molar refractivity (Wildman–Crippen MR) is 105 cm³/mol. The molecule has 1 heterocycles. The molecule has 0 saturated carbocycles. The van der Waals surface area contributed by atoms with Crippen molar-refractivity contribution in [1.29, 1.82) is 5.26 Å². The van der Waals surface area contributed by atoms with E-state index in [0.717, 1.165) is 0 Å². The van der Waals surface area contributed by atoms with Crippen molar-refractivity contribution in [2.24, 2.45) is 5.92 Å². The molecule has 0 atom stereocenters. The molecule has 0 spiro atoms. The van der Waals surface area contributed by atoms with E-state index in [2.05, 4.69) is 0 Å². The number of allylic oxidation sites excluding steroid dienone is 1. The topological polar surface area (TPSA) is 105 Å². The van der Waals surface area contributed by atoms with Crippen LogP contribution in [0.25, 0.3) is 5.76 Å². The van der Waals surface area contributed by atoms with Gasteiger partial charge in [0.15, 0.2) is 5.76 Å². The van der Waals surface area contributed by atoms with Crippen molar-refractivity contribution < 1.29 is 22.7 Å². The number of nitriles is 1. The first-order valence-electron chi connectivity index (χ1n) is 8.83. The van der Waals surface area contributed by atoms with Crippen LogP contribution < -0.4 is 0 Å². The number of Topliss-reactive ketones (excluding diaryl/α,β-unsaturated/α-hetero) is 1. The van der Waals surface area contributed by atoms with Crippen LogP contribution in [-0.2, 0) is 19.6 Å². The van der Waals surface area contributed by atoms with Crippen LogP contribution in [0.4, 0.5) is 0 Å². The van der Waals surface area contributed by atoms with E-state index in [-0.39, 0.29) is 27.5 Å². The van der Waals surface area contributed by atoms with Crippen LogP contribution in [0.3, 0.4) is 0 Å². The van der Waals surface area contributed by atoms with Gasteiger partial charge in [0, 0.05) is 11.1 Å². The maximum Gasteiger partial charge on any atom is 0.313 e. The number of fused-ring (bicyclic) bond motifs is 1. The summed E-state index contributed by atoms with van der Waals surface area (Å²) in [5.41, 5.74) is -0.0430. The zero-order valence-electron chi connectivity index (χ0n) is 15.8. The Balaban J connectivity index is 2.34. The van der Waals surface area contributed by atoms with Crippen molar-refractivity contribution in [3.05, 3.63) is 71.4 Å². The van der Waals surface area contributed by atoms with E-state index >= 15 is 0 Å². The number of esters is 1. The van der Waals surface area contributed by atoms with Gasteiger partial charge in [-0.25, -0.2) is 12.7 Å². The second-order valence-electron chi connectivity index (χ2n) is 6.61. The SMILES string of the molecule is CC(C)C(=O)OC1=C(C(=O)c2ccccc2)N(CC#N)S(=O)(=O)c2ccccc21. The van der Waals surface area contributed by atoms with Crippen LogP contribution in [0, 0.1) is 17.2 Å². The lowest BCUT2D eigenvalue weighted by Gasteiger charge is -2.31. The first-order chi connectivity index (χ1) is 13.8. The van der Waals surface area contributed by atoms with Gasteiger partial charge in [0.25, 0.3) is 10.0 Å². The Kier molecular flexibility index (Phi) is 5.52. The maximum absolute atomic E-state index is 13.3. The third-order valence-electron chi connectivity index (χ3n) is 4.30. The summed E-state index contributed by atoms with van der Waals surface area (Å²) >= 11 is 0. The molecule has 0 aliphatic carbocycles. The molecule has 0 aromatic heterocycles. The lowest BCUT2D eigenvalue weighted by molar-refractivity contribution is -0.140. The first kappa shape index (κ1) is 20.3. The zero-order chi connectivity index (χ0) is 21.2. The minimum Gasteiger partial charge on any atom is -0.423 e. The van der Waals surface area contributed by atoms with Crippen LogP contribution in [0.2, 0.25) is 0 Å². The lowest BCUT2D eigenvalue weighted by atomic mass is 10.0. The highest BCUT2D eigenvalue weighted by Gasteiger charge is 2.41. The van der Waals surface area contributed by atoms with Gasteiger partial charge >= 0.3 is 5.97 Å². The van der Waals surface area contributed by atoms with E-state index in [1.165, 1.54) is 30.3 Å². The number of hydrogen-bond acceptors (Lipinski definition) is 6. The van der Waals surface area contributed by atoms with Crippen molar-refractivity contribution in [3.8, 4) is 6.07 Å². The fourth-order valence-electron chi connectivity index (χ4n) is 2.85. The van der Waals surface area contributed by atoms with Crippen molar-refractivity contribution in [2.45, 2.75) is 18.7 Å². The standard InChI is InChI=1S/C21H18N2O5S/c1-14(2)21(25)28-20-16-10-6-7-11-17(16)29(26,27)23(13-12-22)18(20)19(24)15-8-4-3-5-9-15/h3-11,14H,13H2,1-2H3. The Hall–Kier alpha value is -3.44. The molecule has 1 aliphatic heterocycles. The first-order valence-corrected chi connectivity index (χ1v) is 10.3. The normalized spacial score (nSPS) is 14.9.